The van der Waals surface area contributed by atoms with Gasteiger partial charge < -0.3 is 20.1 Å². The van der Waals surface area contributed by atoms with E-state index in [9.17, 15) is 0 Å². The van der Waals surface area contributed by atoms with Gasteiger partial charge in [0.1, 0.15) is 17.6 Å². The summed E-state index contributed by atoms with van der Waals surface area (Å²) >= 11 is 0. The van der Waals surface area contributed by atoms with Crippen LogP contribution < -0.4 is 20.1 Å². The van der Waals surface area contributed by atoms with Crippen LogP contribution in [0.25, 0.3) is 0 Å². The van der Waals surface area contributed by atoms with Gasteiger partial charge in [0, 0.05) is 37.7 Å². The van der Waals surface area contributed by atoms with Crippen LogP contribution in [-0.2, 0) is 13.0 Å². The summed E-state index contributed by atoms with van der Waals surface area (Å²) in [4.78, 5) is 4.26. The highest BCUT2D eigenvalue weighted by atomic mass is 16.5. The lowest BCUT2D eigenvalue weighted by molar-refractivity contribution is 0.254. The summed E-state index contributed by atoms with van der Waals surface area (Å²) in [5.41, 5.74) is 2.32. The lowest BCUT2D eigenvalue weighted by atomic mass is 10.1. The molecule has 2 N–H and O–H groups in total. The highest BCUT2D eigenvalue weighted by molar-refractivity contribution is 5.79. The van der Waals surface area contributed by atoms with Gasteiger partial charge in [-0.2, -0.15) is 0 Å². The van der Waals surface area contributed by atoms with Crippen molar-refractivity contribution in [3.8, 4) is 11.5 Å². The SMILES string of the molecule is CCOc1cc2c(cc1CNC(=NC)NCC(C)C)OC(C)C2. The molecule has 0 amide bonds. The molecule has 0 spiro atoms. The molecule has 5 heteroatoms. The van der Waals surface area contributed by atoms with Crippen LogP contribution in [0.3, 0.4) is 0 Å². The van der Waals surface area contributed by atoms with Gasteiger partial charge in [0.25, 0.3) is 0 Å². The van der Waals surface area contributed by atoms with Crippen molar-refractivity contribution in [3.05, 3.63) is 23.3 Å². The van der Waals surface area contributed by atoms with Gasteiger partial charge in [0.2, 0.25) is 0 Å². The molecule has 1 unspecified atom stereocenters. The van der Waals surface area contributed by atoms with Gasteiger partial charge in [-0.3, -0.25) is 4.99 Å². The van der Waals surface area contributed by atoms with Crippen molar-refractivity contribution in [3.63, 3.8) is 0 Å². The van der Waals surface area contributed by atoms with E-state index in [1.165, 1.54) is 5.56 Å². The van der Waals surface area contributed by atoms with E-state index >= 15 is 0 Å². The smallest absolute Gasteiger partial charge is 0.191 e. The number of nitrogens with one attached hydrogen (secondary N) is 2. The second kappa shape index (κ2) is 8.09. The van der Waals surface area contributed by atoms with E-state index in [1.54, 1.807) is 7.05 Å². The molecule has 5 nitrogen and oxygen atoms in total. The Bertz CT molecular complexity index is 555. The largest absolute Gasteiger partial charge is 0.494 e. The summed E-state index contributed by atoms with van der Waals surface area (Å²) in [6, 6.07) is 4.20. The molecule has 1 aliphatic rings. The van der Waals surface area contributed by atoms with Crippen molar-refractivity contribution in [2.75, 3.05) is 20.2 Å². The predicted octanol–water partition coefficient (Wildman–Crippen LogP) is 2.73. The lowest BCUT2D eigenvalue weighted by Crippen LogP contribution is -2.38. The highest BCUT2D eigenvalue weighted by Crippen LogP contribution is 2.35. The molecule has 0 saturated heterocycles. The molecule has 1 heterocycles. The molecule has 0 saturated carbocycles. The third-order valence-electron chi connectivity index (χ3n) is 3.73. The first kappa shape index (κ1) is 17.4. The number of nitrogens with zero attached hydrogens (tertiary/aromatic N) is 1. The van der Waals surface area contributed by atoms with Crippen LogP contribution in [0.2, 0.25) is 0 Å². The van der Waals surface area contributed by atoms with Gasteiger partial charge in [0.15, 0.2) is 5.96 Å². The zero-order valence-electron chi connectivity index (χ0n) is 14.9. The zero-order chi connectivity index (χ0) is 16.8. The summed E-state index contributed by atoms with van der Waals surface area (Å²) in [5, 5.41) is 6.66. The number of aliphatic imine (C=N–C) groups is 1. The number of hydrogen-bond acceptors (Lipinski definition) is 3. The molecule has 0 radical (unpaired) electrons. The number of fused-ring (bicyclic) bond motifs is 1. The monoisotopic (exact) mass is 319 g/mol. The third kappa shape index (κ3) is 4.78. The summed E-state index contributed by atoms with van der Waals surface area (Å²) in [5.74, 6) is 3.27. The van der Waals surface area contributed by atoms with Crippen LogP contribution in [0.15, 0.2) is 17.1 Å². The molecule has 128 valence electrons. The average molecular weight is 319 g/mol. The molecular weight excluding hydrogens is 290 g/mol. The van der Waals surface area contributed by atoms with Gasteiger partial charge in [-0.15, -0.1) is 0 Å². The average Bonchev–Trinajstić information content (AvgIpc) is 2.86. The Morgan fingerprint density at radius 3 is 2.83 bits per heavy atom. The molecule has 0 aliphatic carbocycles. The molecule has 1 aromatic rings. The fourth-order valence-electron chi connectivity index (χ4n) is 2.61. The van der Waals surface area contributed by atoms with Crippen molar-refractivity contribution >= 4 is 5.96 Å². The number of benzene rings is 1. The normalized spacial score (nSPS) is 17.0. The minimum absolute atomic E-state index is 0.239. The second-order valence-electron chi connectivity index (χ2n) is 6.33. The second-order valence-corrected chi connectivity index (χ2v) is 6.33. The molecule has 0 fully saturated rings. The summed E-state index contributed by atoms with van der Waals surface area (Å²) in [6.45, 7) is 10.6. The van der Waals surface area contributed by atoms with E-state index < -0.39 is 0 Å². The van der Waals surface area contributed by atoms with Gasteiger partial charge in [0.05, 0.1) is 6.61 Å². The van der Waals surface area contributed by atoms with Crippen molar-refractivity contribution in [2.24, 2.45) is 10.9 Å². The van der Waals surface area contributed by atoms with E-state index in [1.807, 2.05) is 6.92 Å². The minimum Gasteiger partial charge on any atom is -0.494 e. The van der Waals surface area contributed by atoms with Crippen LogP contribution >= 0.6 is 0 Å². The first-order valence-electron chi connectivity index (χ1n) is 8.43. The van der Waals surface area contributed by atoms with Crippen LogP contribution in [0.1, 0.15) is 38.8 Å². The number of hydrogen-bond donors (Lipinski definition) is 2. The van der Waals surface area contributed by atoms with E-state index in [2.05, 4.69) is 48.5 Å². The van der Waals surface area contributed by atoms with E-state index in [0.717, 1.165) is 36.0 Å². The lowest BCUT2D eigenvalue weighted by Gasteiger charge is -2.16. The number of ether oxygens (including phenoxy) is 2. The third-order valence-corrected chi connectivity index (χ3v) is 3.73. The predicted molar refractivity (Wildman–Crippen MR) is 94.4 cm³/mol. The molecule has 23 heavy (non-hydrogen) atoms. The zero-order valence-corrected chi connectivity index (χ0v) is 14.9. The van der Waals surface area contributed by atoms with Gasteiger partial charge >= 0.3 is 0 Å². The molecule has 1 aliphatic heterocycles. The maximum absolute atomic E-state index is 5.86. The Morgan fingerprint density at radius 1 is 1.39 bits per heavy atom. The quantitative estimate of drug-likeness (QED) is 0.625. The molecular formula is C18H29N3O2. The van der Waals surface area contributed by atoms with Crippen LogP contribution in [0.5, 0.6) is 11.5 Å². The van der Waals surface area contributed by atoms with Gasteiger partial charge in [-0.05, 0) is 31.9 Å². The summed E-state index contributed by atoms with van der Waals surface area (Å²) < 4.78 is 11.7. The van der Waals surface area contributed by atoms with E-state index in [4.69, 9.17) is 9.47 Å². The van der Waals surface area contributed by atoms with Crippen LogP contribution in [0.4, 0.5) is 0 Å². The Hall–Kier alpha value is -1.91. The van der Waals surface area contributed by atoms with Crippen molar-refractivity contribution in [1.29, 1.82) is 0 Å². The molecule has 1 atom stereocenters. The maximum atomic E-state index is 5.86. The Labute approximate surface area is 139 Å². The number of rotatable bonds is 6. The van der Waals surface area contributed by atoms with Crippen LogP contribution in [-0.4, -0.2) is 32.3 Å². The first-order chi connectivity index (χ1) is 11.0. The summed E-state index contributed by atoms with van der Waals surface area (Å²) in [7, 11) is 1.78. The van der Waals surface area contributed by atoms with E-state index in [0.29, 0.717) is 19.1 Å². The van der Waals surface area contributed by atoms with Crippen LogP contribution in [0, 0.1) is 5.92 Å². The molecule has 1 aromatic carbocycles. The number of guanidine groups is 1. The molecule has 0 bridgehead atoms. The standard InChI is InChI=1S/C18H29N3O2/c1-6-22-16-8-14-7-13(4)23-17(14)9-15(16)11-21-18(19-5)20-10-12(2)3/h8-9,12-13H,6-7,10-11H2,1-5H3,(H2,19,20,21). The molecule has 2 rings (SSSR count). The van der Waals surface area contributed by atoms with Crippen molar-refractivity contribution in [2.45, 2.75) is 46.8 Å². The van der Waals surface area contributed by atoms with Gasteiger partial charge in [-0.1, -0.05) is 13.8 Å². The Morgan fingerprint density at radius 2 is 2.17 bits per heavy atom. The Kier molecular flexibility index (Phi) is 6.13. The topological polar surface area (TPSA) is 54.9 Å². The van der Waals surface area contributed by atoms with Crippen molar-refractivity contribution < 1.29 is 9.47 Å². The van der Waals surface area contributed by atoms with Crippen molar-refractivity contribution in [1.82, 2.24) is 10.6 Å². The Balaban J connectivity index is 2.07. The first-order valence-corrected chi connectivity index (χ1v) is 8.43. The fraction of sp³-hybridized carbons (Fsp3) is 0.611. The highest BCUT2D eigenvalue weighted by Gasteiger charge is 2.21. The summed E-state index contributed by atoms with van der Waals surface area (Å²) in [6.07, 6.45) is 1.18. The fourth-order valence-corrected chi connectivity index (χ4v) is 2.61. The van der Waals surface area contributed by atoms with Gasteiger partial charge in [-0.25, -0.2) is 0 Å². The molecule has 0 aromatic heterocycles. The van der Waals surface area contributed by atoms with E-state index in [-0.39, 0.29) is 6.10 Å². The minimum atomic E-state index is 0.239. The maximum Gasteiger partial charge on any atom is 0.191 e.